The van der Waals surface area contributed by atoms with Crippen LogP contribution in [0.3, 0.4) is 0 Å². The highest BCUT2D eigenvalue weighted by atomic mass is 15.2. The molecule has 0 aromatic carbocycles. The largest absolute Gasteiger partial charge is 0.337 e. The Bertz CT molecular complexity index is 833. The molecule has 1 atom stereocenters. The summed E-state index contributed by atoms with van der Waals surface area (Å²) in [5.41, 5.74) is 1.13. The van der Waals surface area contributed by atoms with Gasteiger partial charge < -0.3 is 4.57 Å². The highest BCUT2D eigenvalue weighted by Gasteiger charge is 2.28. The van der Waals surface area contributed by atoms with Crippen molar-refractivity contribution >= 4 is 0 Å². The zero-order valence-corrected chi connectivity index (χ0v) is 14.1. The van der Waals surface area contributed by atoms with Gasteiger partial charge in [0.05, 0.1) is 18.3 Å². The Hall–Kier alpha value is -2.47. The van der Waals surface area contributed by atoms with Crippen LogP contribution in [0, 0.1) is 6.92 Å². The summed E-state index contributed by atoms with van der Waals surface area (Å²) < 4.78 is 4.12. The Morgan fingerprint density at radius 2 is 2.04 bits per heavy atom. The highest BCUT2D eigenvalue weighted by molar-refractivity contribution is 5.28. The van der Waals surface area contributed by atoms with E-state index in [0.29, 0.717) is 6.04 Å². The summed E-state index contributed by atoms with van der Waals surface area (Å²) in [7, 11) is 2.05. The van der Waals surface area contributed by atoms with Crippen LogP contribution in [0.5, 0.6) is 0 Å². The van der Waals surface area contributed by atoms with Gasteiger partial charge in [-0.05, 0) is 38.4 Å². The summed E-state index contributed by atoms with van der Waals surface area (Å²) >= 11 is 0. The normalized spacial score (nSPS) is 18.3. The summed E-state index contributed by atoms with van der Waals surface area (Å²) in [4.78, 5) is 16.2. The van der Waals surface area contributed by atoms with Crippen molar-refractivity contribution in [3.05, 3.63) is 60.3 Å². The average molecular weight is 322 g/mol. The molecule has 3 aromatic rings. The van der Waals surface area contributed by atoms with Crippen molar-refractivity contribution in [3.63, 3.8) is 0 Å². The molecule has 0 radical (unpaired) electrons. The lowest BCUT2D eigenvalue weighted by atomic mass is 10.1. The van der Waals surface area contributed by atoms with Gasteiger partial charge in [-0.2, -0.15) is 0 Å². The minimum Gasteiger partial charge on any atom is -0.337 e. The molecule has 0 aliphatic carbocycles. The van der Waals surface area contributed by atoms with Crippen LogP contribution in [0.4, 0.5) is 0 Å². The van der Waals surface area contributed by atoms with Gasteiger partial charge in [0.1, 0.15) is 17.5 Å². The maximum atomic E-state index is 4.91. The summed E-state index contributed by atoms with van der Waals surface area (Å²) in [6.07, 6.45) is 9.98. The SMILES string of the molecule is Cc1nccn1-c1cccc(C2CCCN2Cc2nccn2C)n1. The van der Waals surface area contributed by atoms with Gasteiger partial charge in [0.2, 0.25) is 0 Å². The van der Waals surface area contributed by atoms with E-state index < -0.39 is 0 Å². The highest BCUT2D eigenvalue weighted by Crippen LogP contribution is 2.32. The second-order valence-electron chi connectivity index (χ2n) is 6.35. The predicted octanol–water partition coefficient (Wildman–Crippen LogP) is 2.65. The molecule has 3 aromatic heterocycles. The van der Waals surface area contributed by atoms with E-state index in [9.17, 15) is 0 Å². The molecule has 1 fully saturated rings. The van der Waals surface area contributed by atoms with E-state index in [4.69, 9.17) is 4.98 Å². The zero-order chi connectivity index (χ0) is 16.5. The van der Waals surface area contributed by atoms with Crippen molar-refractivity contribution in [3.8, 4) is 5.82 Å². The Morgan fingerprint density at radius 1 is 1.17 bits per heavy atom. The molecule has 4 heterocycles. The number of hydrogen-bond donors (Lipinski definition) is 0. The van der Waals surface area contributed by atoms with E-state index in [2.05, 4.69) is 31.6 Å². The van der Waals surface area contributed by atoms with E-state index in [1.54, 1.807) is 0 Å². The molecule has 4 rings (SSSR count). The van der Waals surface area contributed by atoms with Crippen LogP contribution < -0.4 is 0 Å². The Balaban J connectivity index is 1.61. The summed E-state index contributed by atoms with van der Waals surface area (Å²) in [5.74, 6) is 2.99. The third kappa shape index (κ3) is 2.73. The van der Waals surface area contributed by atoms with E-state index >= 15 is 0 Å². The number of likely N-dealkylation sites (tertiary alicyclic amines) is 1. The van der Waals surface area contributed by atoms with Crippen LogP contribution in [0.15, 0.2) is 43.0 Å². The third-order valence-corrected chi connectivity index (χ3v) is 4.80. The Labute approximate surface area is 141 Å². The number of hydrogen-bond acceptors (Lipinski definition) is 4. The molecule has 1 aliphatic rings. The molecular formula is C18H22N6. The van der Waals surface area contributed by atoms with E-state index in [-0.39, 0.29) is 0 Å². The number of pyridine rings is 1. The molecule has 0 saturated carbocycles. The zero-order valence-electron chi connectivity index (χ0n) is 14.1. The monoisotopic (exact) mass is 322 g/mol. The van der Waals surface area contributed by atoms with Crippen LogP contribution in [-0.4, -0.2) is 35.5 Å². The molecule has 124 valence electrons. The van der Waals surface area contributed by atoms with Gasteiger partial charge >= 0.3 is 0 Å². The topological polar surface area (TPSA) is 51.8 Å². The van der Waals surface area contributed by atoms with Crippen molar-refractivity contribution in [2.24, 2.45) is 7.05 Å². The fraction of sp³-hybridized carbons (Fsp3) is 0.389. The van der Waals surface area contributed by atoms with Crippen molar-refractivity contribution in [1.29, 1.82) is 0 Å². The fourth-order valence-electron chi connectivity index (χ4n) is 3.46. The van der Waals surface area contributed by atoms with Crippen molar-refractivity contribution in [2.75, 3.05) is 6.54 Å². The van der Waals surface area contributed by atoms with Crippen molar-refractivity contribution < 1.29 is 0 Å². The first-order chi connectivity index (χ1) is 11.7. The molecule has 0 N–H and O–H groups in total. The third-order valence-electron chi connectivity index (χ3n) is 4.80. The second-order valence-corrected chi connectivity index (χ2v) is 6.35. The summed E-state index contributed by atoms with van der Waals surface area (Å²) in [5, 5.41) is 0. The number of rotatable bonds is 4. The average Bonchev–Trinajstić information content (AvgIpc) is 3.31. The number of aromatic nitrogens is 5. The van der Waals surface area contributed by atoms with Crippen LogP contribution in [0.25, 0.3) is 5.82 Å². The van der Waals surface area contributed by atoms with Crippen molar-refractivity contribution in [1.82, 2.24) is 29.0 Å². The molecule has 1 aliphatic heterocycles. The Morgan fingerprint density at radius 3 is 2.79 bits per heavy atom. The van der Waals surface area contributed by atoms with Gasteiger partial charge in [0.15, 0.2) is 0 Å². The molecule has 6 nitrogen and oxygen atoms in total. The molecule has 1 saturated heterocycles. The maximum Gasteiger partial charge on any atom is 0.138 e. The van der Waals surface area contributed by atoms with Gasteiger partial charge in [-0.3, -0.25) is 9.47 Å². The lowest BCUT2D eigenvalue weighted by Crippen LogP contribution is -2.25. The Kier molecular flexibility index (Phi) is 3.90. The first kappa shape index (κ1) is 15.1. The van der Waals surface area contributed by atoms with Gasteiger partial charge in [-0.15, -0.1) is 0 Å². The fourth-order valence-corrected chi connectivity index (χ4v) is 3.46. The standard InChI is InChI=1S/C18H22N6/c1-14-19-9-12-24(14)17-7-3-5-15(21-17)16-6-4-10-23(16)13-18-20-8-11-22(18)2/h3,5,7-9,11-12,16H,4,6,10,13H2,1-2H3. The molecule has 0 spiro atoms. The molecule has 1 unspecified atom stereocenters. The maximum absolute atomic E-state index is 4.91. The number of aryl methyl sites for hydroxylation is 2. The van der Waals surface area contributed by atoms with Crippen LogP contribution in [-0.2, 0) is 13.6 Å². The second kappa shape index (κ2) is 6.20. The summed E-state index contributed by atoms with van der Waals surface area (Å²) in [6, 6.07) is 6.62. The minimum absolute atomic E-state index is 0.352. The van der Waals surface area contributed by atoms with Crippen LogP contribution in [0.2, 0.25) is 0 Å². The number of nitrogens with zero attached hydrogens (tertiary/aromatic N) is 6. The van der Waals surface area contributed by atoms with Crippen LogP contribution in [0.1, 0.15) is 36.2 Å². The van der Waals surface area contributed by atoms with Crippen LogP contribution >= 0.6 is 0 Å². The lowest BCUT2D eigenvalue weighted by Gasteiger charge is -2.24. The number of imidazole rings is 2. The smallest absolute Gasteiger partial charge is 0.138 e. The van der Waals surface area contributed by atoms with Crippen molar-refractivity contribution in [2.45, 2.75) is 32.4 Å². The first-order valence-corrected chi connectivity index (χ1v) is 8.40. The van der Waals surface area contributed by atoms with Gasteiger partial charge in [-0.1, -0.05) is 6.07 Å². The quantitative estimate of drug-likeness (QED) is 0.741. The molecule has 6 heteroatoms. The van der Waals surface area contributed by atoms with Gasteiger partial charge in [-0.25, -0.2) is 15.0 Å². The molecule has 24 heavy (non-hydrogen) atoms. The molecule has 0 bridgehead atoms. The summed E-state index contributed by atoms with van der Waals surface area (Å²) in [6.45, 7) is 3.95. The van der Waals surface area contributed by atoms with E-state index in [1.807, 2.05) is 49.4 Å². The van der Waals surface area contributed by atoms with E-state index in [1.165, 1.54) is 6.42 Å². The first-order valence-electron chi connectivity index (χ1n) is 8.40. The molecular weight excluding hydrogens is 300 g/mol. The lowest BCUT2D eigenvalue weighted by molar-refractivity contribution is 0.236. The minimum atomic E-state index is 0.352. The van der Waals surface area contributed by atoms with E-state index in [0.717, 1.165) is 42.7 Å². The molecule has 0 amide bonds. The van der Waals surface area contributed by atoms with Gasteiger partial charge in [0.25, 0.3) is 0 Å². The van der Waals surface area contributed by atoms with Gasteiger partial charge in [0, 0.05) is 31.8 Å². The predicted molar refractivity (Wildman–Crippen MR) is 91.7 cm³/mol.